The van der Waals surface area contributed by atoms with Crippen molar-refractivity contribution >= 4 is 23.2 Å². The van der Waals surface area contributed by atoms with Crippen LogP contribution in [0.15, 0.2) is 18.2 Å². The number of rotatable bonds is 3. The monoisotopic (exact) mass is 298 g/mol. The number of nitro groups is 1. The normalized spacial score (nSPS) is 16.9. The fourth-order valence-corrected chi connectivity index (χ4v) is 2.34. The lowest BCUT2D eigenvalue weighted by atomic mass is 9.82. The average Bonchev–Trinajstić information content (AvgIpc) is 2.33. The maximum absolute atomic E-state index is 12.2. The third-order valence-electron chi connectivity index (χ3n) is 3.68. The molecule has 1 fully saturated rings. The molecule has 1 saturated heterocycles. The average molecular weight is 299 g/mol. The Kier molecular flexibility index (Phi) is 3.71. The molecule has 0 radical (unpaired) electrons. The number of amides is 1. The van der Waals surface area contributed by atoms with Crippen molar-refractivity contribution in [3.05, 3.63) is 38.9 Å². The Morgan fingerprint density at radius 1 is 1.50 bits per heavy atom. The number of nitro benzene ring substituents is 1. The van der Waals surface area contributed by atoms with Crippen LogP contribution < -0.4 is 0 Å². The number of β-amino-alcohol motifs (C(OH)–C–C–N with tert-alkyl or cyclic N) is 1. The van der Waals surface area contributed by atoms with Crippen molar-refractivity contribution in [1.82, 2.24) is 4.90 Å². The van der Waals surface area contributed by atoms with Crippen molar-refractivity contribution in [2.75, 3.05) is 13.1 Å². The number of nitrogens with zero attached hydrogens (tertiary/aromatic N) is 2. The topological polar surface area (TPSA) is 83.7 Å². The third-order valence-corrected chi connectivity index (χ3v) is 3.99. The van der Waals surface area contributed by atoms with Crippen LogP contribution in [0, 0.1) is 16.0 Å². The van der Waals surface area contributed by atoms with Crippen molar-refractivity contribution in [2.45, 2.75) is 19.4 Å². The minimum Gasteiger partial charge on any atom is -0.386 e. The number of benzene rings is 1. The number of halogens is 1. The van der Waals surface area contributed by atoms with E-state index in [0.29, 0.717) is 0 Å². The van der Waals surface area contributed by atoms with Gasteiger partial charge in [0.05, 0.1) is 18.0 Å². The highest BCUT2D eigenvalue weighted by atomic mass is 35.5. The molecule has 0 spiro atoms. The van der Waals surface area contributed by atoms with Gasteiger partial charge in [-0.1, -0.05) is 25.4 Å². The first kappa shape index (κ1) is 14.7. The SMILES string of the molecule is CC(C)C1(O)CN(C(=O)c2ccc([N+](=O)[O-])c(Cl)c2)C1. The van der Waals surface area contributed by atoms with Gasteiger partial charge in [-0.2, -0.15) is 0 Å². The molecule has 1 heterocycles. The van der Waals surface area contributed by atoms with E-state index in [4.69, 9.17) is 11.6 Å². The Morgan fingerprint density at radius 3 is 2.55 bits per heavy atom. The van der Waals surface area contributed by atoms with Crippen LogP contribution in [0.5, 0.6) is 0 Å². The van der Waals surface area contributed by atoms with E-state index >= 15 is 0 Å². The molecule has 0 atom stereocenters. The molecule has 0 aliphatic carbocycles. The Labute approximate surface area is 121 Å². The van der Waals surface area contributed by atoms with Gasteiger partial charge >= 0.3 is 0 Å². The minimum absolute atomic E-state index is 0.0620. The van der Waals surface area contributed by atoms with Gasteiger partial charge in [0.1, 0.15) is 10.6 Å². The minimum atomic E-state index is -0.847. The van der Waals surface area contributed by atoms with Crippen LogP contribution in [-0.2, 0) is 0 Å². The molecule has 1 amide bonds. The van der Waals surface area contributed by atoms with Gasteiger partial charge < -0.3 is 10.0 Å². The van der Waals surface area contributed by atoms with E-state index in [1.54, 1.807) is 0 Å². The van der Waals surface area contributed by atoms with E-state index in [1.165, 1.54) is 23.1 Å². The molecule has 1 N–H and O–H groups in total. The van der Waals surface area contributed by atoms with Crippen LogP contribution in [0.3, 0.4) is 0 Å². The molecule has 1 aromatic carbocycles. The van der Waals surface area contributed by atoms with Crippen LogP contribution in [0.4, 0.5) is 5.69 Å². The second-order valence-corrected chi connectivity index (χ2v) is 5.75. The maximum atomic E-state index is 12.2. The zero-order valence-corrected chi connectivity index (χ0v) is 11.9. The van der Waals surface area contributed by atoms with Crippen LogP contribution in [0.25, 0.3) is 0 Å². The van der Waals surface area contributed by atoms with Gasteiger partial charge in [-0.15, -0.1) is 0 Å². The summed E-state index contributed by atoms with van der Waals surface area (Å²) in [5.74, 6) is -0.223. The van der Waals surface area contributed by atoms with Crippen molar-refractivity contribution in [3.63, 3.8) is 0 Å². The lowest BCUT2D eigenvalue weighted by Crippen LogP contribution is -2.65. The second-order valence-electron chi connectivity index (χ2n) is 5.34. The fraction of sp³-hybridized carbons (Fsp3) is 0.462. The molecule has 0 unspecified atom stereocenters. The summed E-state index contributed by atoms with van der Waals surface area (Å²) in [5, 5.41) is 20.7. The van der Waals surface area contributed by atoms with Crippen molar-refractivity contribution in [3.8, 4) is 0 Å². The molecular formula is C13H15ClN2O4. The van der Waals surface area contributed by atoms with E-state index in [-0.39, 0.29) is 41.2 Å². The highest BCUT2D eigenvalue weighted by Crippen LogP contribution is 2.31. The van der Waals surface area contributed by atoms with Gasteiger partial charge in [0.2, 0.25) is 0 Å². The van der Waals surface area contributed by atoms with E-state index in [2.05, 4.69) is 0 Å². The molecule has 0 bridgehead atoms. The highest BCUT2D eigenvalue weighted by molar-refractivity contribution is 6.33. The number of hydrogen-bond donors (Lipinski definition) is 1. The molecule has 1 aromatic rings. The van der Waals surface area contributed by atoms with E-state index in [0.717, 1.165) is 0 Å². The smallest absolute Gasteiger partial charge is 0.287 e. The molecule has 0 saturated carbocycles. The summed E-state index contributed by atoms with van der Waals surface area (Å²) in [6.45, 7) is 4.31. The first-order valence-electron chi connectivity index (χ1n) is 6.20. The van der Waals surface area contributed by atoms with E-state index in [1.807, 2.05) is 13.8 Å². The number of likely N-dealkylation sites (tertiary alicyclic amines) is 1. The molecule has 0 aromatic heterocycles. The van der Waals surface area contributed by atoms with Crippen LogP contribution >= 0.6 is 11.6 Å². The predicted octanol–water partition coefficient (Wildman–Crippen LogP) is 2.09. The van der Waals surface area contributed by atoms with E-state index < -0.39 is 10.5 Å². The first-order valence-corrected chi connectivity index (χ1v) is 6.58. The Hall–Kier alpha value is -1.66. The zero-order chi connectivity index (χ0) is 15.1. The summed E-state index contributed by atoms with van der Waals surface area (Å²) in [6.07, 6.45) is 0. The molecule has 6 nitrogen and oxygen atoms in total. The van der Waals surface area contributed by atoms with Crippen LogP contribution in [0.1, 0.15) is 24.2 Å². The van der Waals surface area contributed by atoms with Gasteiger partial charge in [0, 0.05) is 11.6 Å². The van der Waals surface area contributed by atoms with Crippen molar-refractivity contribution < 1.29 is 14.8 Å². The highest BCUT2D eigenvalue weighted by Gasteiger charge is 2.46. The lowest BCUT2D eigenvalue weighted by molar-refractivity contribution is -0.384. The van der Waals surface area contributed by atoms with Gasteiger partial charge in [0.25, 0.3) is 11.6 Å². The molecule has 108 valence electrons. The summed E-state index contributed by atoms with van der Waals surface area (Å²) >= 11 is 5.78. The molecule has 7 heteroatoms. The first-order chi connectivity index (χ1) is 9.24. The molecule has 20 heavy (non-hydrogen) atoms. The number of carbonyl (C=O) groups is 1. The van der Waals surface area contributed by atoms with Gasteiger partial charge in [0.15, 0.2) is 0 Å². The molecule has 1 aliphatic heterocycles. The Balaban J connectivity index is 2.12. The second kappa shape index (κ2) is 5.03. The Bertz CT molecular complexity index is 567. The maximum Gasteiger partial charge on any atom is 0.287 e. The largest absolute Gasteiger partial charge is 0.386 e. The molecule has 1 aliphatic rings. The van der Waals surface area contributed by atoms with Crippen LogP contribution in [-0.4, -0.2) is 39.5 Å². The predicted molar refractivity (Wildman–Crippen MR) is 73.8 cm³/mol. The molecule has 2 rings (SSSR count). The quantitative estimate of drug-likeness (QED) is 0.684. The fourth-order valence-electron chi connectivity index (χ4n) is 2.09. The summed E-state index contributed by atoms with van der Waals surface area (Å²) in [6, 6.07) is 3.87. The number of aliphatic hydroxyl groups is 1. The van der Waals surface area contributed by atoms with Crippen molar-refractivity contribution in [2.24, 2.45) is 5.92 Å². The standard InChI is InChI=1S/C13H15ClN2O4/c1-8(2)13(18)6-15(7-13)12(17)9-3-4-11(16(19)20)10(14)5-9/h3-5,8,18H,6-7H2,1-2H3. The van der Waals surface area contributed by atoms with Gasteiger partial charge in [-0.05, 0) is 18.1 Å². The zero-order valence-electron chi connectivity index (χ0n) is 11.2. The Morgan fingerprint density at radius 2 is 2.10 bits per heavy atom. The van der Waals surface area contributed by atoms with Crippen LogP contribution in [0.2, 0.25) is 5.02 Å². The summed E-state index contributed by atoms with van der Waals surface area (Å²) in [4.78, 5) is 23.7. The number of hydrogen-bond acceptors (Lipinski definition) is 4. The third kappa shape index (κ3) is 2.48. The van der Waals surface area contributed by atoms with Crippen molar-refractivity contribution in [1.29, 1.82) is 0 Å². The summed E-state index contributed by atoms with van der Waals surface area (Å²) in [5.41, 5.74) is -0.794. The van der Waals surface area contributed by atoms with Gasteiger partial charge in [-0.3, -0.25) is 14.9 Å². The lowest BCUT2D eigenvalue weighted by Gasteiger charge is -2.49. The summed E-state index contributed by atoms with van der Waals surface area (Å²) < 4.78 is 0. The number of carbonyl (C=O) groups excluding carboxylic acids is 1. The molecular weight excluding hydrogens is 284 g/mol. The van der Waals surface area contributed by atoms with E-state index in [9.17, 15) is 20.0 Å². The van der Waals surface area contributed by atoms with Gasteiger partial charge in [-0.25, -0.2) is 0 Å². The summed E-state index contributed by atoms with van der Waals surface area (Å²) in [7, 11) is 0.